The van der Waals surface area contributed by atoms with Gasteiger partial charge in [0.15, 0.2) is 0 Å². The largest absolute Gasteiger partial charge is 0.495 e. The van der Waals surface area contributed by atoms with Crippen molar-refractivity contribution in [2.24, 2.45) is 0 Å². The Bertz CT molecular complexity index is 1850. The third-order valence-electron chi connectivity index (χ3n) is 7.07. The summed E-state index contributed by atoms with van der Waals surface area (Å²) in [5.41, 5.74) is 4.15. The maximum Gasteiger partial charge on any atom is 0.399 e. The van der Waals surface area contributed by atoms with Gasteiger partial charge in [-0.15, -0.1) is 9.46 Å². The number of carbonyl (C=O) groups is 1. The summed E-state index contributed by atoms with van der Waals surface area (Å²) < 4.78 is 83.0. The van der Waals surface area contributed by atoms with Crippen LogP contribution < -0.4 is 4.74 Å². The molecule has 230 valence electrons. The predicted octanol–water partition coefficient (Wildman–Crippen LogP) is 7.57. The van der Waals surface area contributed by atoms with Crippen LogP contribution in [0.3, 0.4) is 0 Å². The first kappa shape index (κ1) is 31.8. The summed E-state index contributed by atoms with van der Waals surface area (Å²) >= 11 is 6.30. The number of carbonyl (C=O) groups excluding carboxylic acids is 1. The minimum absolute atomic E-state index is 0.0194. The zero-order valence-electron chi connectivity index (χ0n) is 23.1. The molecule has 0 unspecified atom stereocenters. The van der Waals surface area contributed by atoms with Gasteiger partial charge in [-0.2, -0.15) is 4.31 Å². The summed E-state index contributed by atoms with van der Waals surface area (Å²) in [4.78, 5) is 12.0. The lowest BCUT2D eigenvalue weighted by Gasteiger charge is -2.24. The van der Waals surface area contributed by atoms with E-state index in [1.54, 1.807) is 30.3 Å². The van der Waals surface area contributed by atoms with Crippen molar-refractivity contribution in [2.75, 3.05) is 7.11 Å². The minimum atomic E-state index is -4.69. The number of fused-ring (bicyclic) bond motifs is 1. The van der Waals surface area contributed by atoms with Gasteiger partial charge in [-0.1, -0.05) is 72.3 Å². The molecule has 4 aromatic rings. The van der Waals surface area contributed by atoms with Gasteiger partial charge in [0.25, 0.3) is 0 Å². The second-order valence-electron chi connectivity index (χ2n) is 9.90. The number of benzene rings is 4. The highest BCUT2D eigenvalue weighted by Gasteiger charge is 2.31. The molecule has 0 atom stereocenters. The zero-order valence-corrected chi connectivity index (χ0v) is 25.6. The van der Waals surface area contributed by atoms with Gasteiger partial charge < -0.3 is 9.47 Å². The summed E-state index contributed by atoms with van der Waals surface area (Å²) in [6, 6.07) is 23.2. The van der Waals surface area contributed by atoms with Gasteiger partial charge in [-0.05, 0) is 61.1 Å². The second kappa shape index (κ2) is 13.2. The van der Waals surface area contributed by atoms with E-state index in [2.05, 4.69) is 9.46 Å². The van der Waals surface area contributed by atoms with E-state index in [0.29, 0.717) is 16.7 Å². The molecule has 1 aliphatic rings. The molecule has 0 saturated heterocycles. The molecule has 0 amide bonds. The maximum atomic E-state index is 14.0. The second-order valence-corrected chi connectivity index (χ2v) is 14.0. The molecule has 5 rings (SSSR count). The van der Waals surface area contributed by atoms with E-state index in [9.17, 15) is 26.8 Å². The van der Waals surface area contributed by atoms with Crippen LogP contribution in [0, 0.1) is 0 Å². The summed E-state index contributed by atoms with van der Waals surface area (Å²) in [5.74, 6) is -0.214. The van der Waals surface area contributed by atoms with Crippen molar-refractivity contribution < 1.29 is 45.8 Å². The fourth-order valence-electron chi connectivity index (χ4n) is 4.79. The van der Waals surface area contributed by atoms with Crippen LogP contribution in [0.4, 0.5) is 9.05 Å². The molecule has 44 heavy (non-hydrogen) atoms. The number of cyclic esters (lactones) is 1. The van der Waals surface area contributed by atoms with E-state index in [1.807, 2.05) is 24.3 Å². The summed E-state index contributed by atoms with van der Waals surface area (Å²) in [7, 11) is -7.46. The van der Waals surface area contributed by atoms with Crippen molar-refractivity contribution in [1.29, 1.82) is 0 Å². The number of rotatable bonds is 12. The predicted molar refractivity (Wildman–Crippen MR) is 158 cm³/mol. The summed E-state index contributed by atoms with van der Waals surface area (Å²) in [5, 5.41) is -0.0194. The average Bonchev–Trinajstić information content (AvgIpc) is 3.41. The van der Waals surface area contributed by atoms with Gasteiger partial charge in [-0.25, -0.2) is 13.2 Å². The van der Waals surface area contributed by atoms with Crippen LogP contribution >= 0.6 is 19.2 Å². The summed E-state index contributed by atoms with van der Waals surface area (Å²) in [6.45, 7) is 0.0553. The number of hydrogen-bond acceptors (Lipinski definition) is 8. The molecule has 0 fully saturated rings. The molecule has 0 radical (unpaired) electrons. The topological polar surface area (TPSA) is 108 Å². The third-order valence-corrected chi connectivity index (χ3v) is 10.4. The number of methoxy groups -OCH3 is 1. The Morgan fingerprint density at radius 1 is 0.909 bits per heavy atom. The Balaban J connectivity index is 1.45. The quantitative estimate of drug-likeness (QED) is 0.113. The van der Waals surface area contributed by atoms with Crippen molar-refractivity contribution in [1.82, 2.24) is 4.31 Å². The van der Waals surface area contributed by atoms with E-state index in [4.69, 9.17) is 21.1 Å². The molecule has 0 aliphatic carbocycles. The van der Waals surface area contributed by atoms with Crippen molar-refractivity contribution in [3.63, 3.8) is 0 Å². The molecule has 4 aromatic carbocycles. The molecule has 1 aliphatic heterocycles. The highest BCUT2D eigenvalue weighted by atomic mass is 35.5. The Morgan fingerprint density at radius 2 is 1.57 bits per heavy atom. The molecule has 0 saturated carbocycles. The van der Waals surface area contributed by atoms with Gasteiger partial charge in [-0.3, -0.25) is 4.57 Å². The zero-order chi connectivity index (χ0) is 31.5. The van der Waals surface area contributed by atoms with Crippen molar-refractivity contribution in [3.8, 4) is 16.9 Å². The fourth-order valence-corrected chi connectivity index (χ4v) is 7.53. The molecule has 0 N–H and O–H groups in total. The highest BCUT2D eigenvalue weighted by molar-refractivity contribution is 7.89. The Morgan fingerprint density at radius 3 is 2.25 bits per heavy atom. The molecule has 0 spiro atoms. The van der Waals surface area contributed by atoms with Crippen molar-refractivity contribution in [3.05, 3.63) is 118 Å². The average molecular weight is 664 g/mol. The van der Waals surface area contributed by atoms with Gasteiger partial charge in [0.2, 0.25) is 10.0 Å². The molecule has 1 heterocycles. The van der Waals surface area contributed by atoms with E-state index < -0.39 is 23.8 Å². The molecule has 14 heteroatoms. The lowest BCUT2D eigenvalue weighted by atomic mass is 9.99. The third kappa shape index (κ3) is 6.71. The van der Waals surface area contributed by atoms with Crippen molar-refractivity contribution >= 4 is 35.2 Å². The standard InChI is InChI=1S/C30H25ClF2NO8PS/c1-39-28-4-2-3-5-29(28)44(37,38)34(17-21-8-11-25(27(31)14-21)19-43(36,41-32)42-33)16-20-6-9-22(10-7-20)23-12-13-24-18-40-30(35)26(24)15-23/h2-15H,16-19H2,1H3. The van der Waals surface area contributed by atoms with Crippen LogP contribution in [0.25, 0.3) is 11.1 Å². The summed E-state index contributed by atoms with van der Waals surface area (Å²) in [6.07, 6.45) is -0.778. The number of nitrogens with zero attached hydrogens (tertiary/aromatic N) is 1. The molecule has 0 bridgehead atoms. The number of para-hydroxylation sites is 1. The maximum absolute atomic E-state index is 14.0. The first-order valence-corrected chi connectivity index (χ1v) is 16.6. The van der Waals surface area contributed by atoms with E-state index >= 15 is 0 Å². The number of ether oxygens (including phenoxy) is 2. The van der Waals surface area contributed by atoms with Crippen molar-refractivity contribution in [2.45, 2.75) is 30.8 Å². The molecule has 0 aromatic heterocycles. The smallest absolute Gasteiger partial charge is 0.399 e. The first-order valence-electron chi connectivity index (χ1n) is 13.1. The van der Waals surface area contributed by atoms with E-state index in [-0.39, 0.29) is 46.9 Å². The Hall–Kier alpha value is -3.64. The van der Waals surface area contributed by atoms with E-state index in [1.165, 1.54) is 41.7 Å². The number of sulfonamides is 1. The number of hydrogen-bond donors (Lipinski definition) is 0. The van der Waals surface area contributed by atoms with Gasteiger partial charge in [0, 0.05) is 23.7 Å². The van der Waals surface area contributed by atoms with Crippen LogP contribution in [0.1, 0.15) is 32.6 Å². The lowest BCUT2D eigenvalue weighted by molar-refractivity contribution is -0.0881. The number of esters is 1. The minimum Gasteiger partial charge on any atom is -0.495 e. The van der Waals surface area contributed by atoms with E-state index in [0.717, 1.165) is 16.7 Å². The van der Waals surface area contributed by atoms with Gasteiger partial charge in [0.1, 0.15) is 17.3 Å². The van der Waals surface area contributed by atoms with Crippen LogP contribution in [0.5, 0.6) is 5.75 Å². The van der Waals surface area contributed by atoms with Crippen LogP contribution in [-0.2, 0) is 54.6 Å². The lowest BCUT2D eigenvalue weighted by Crippen LogP contribution is -2.30. The SMILES string of the molecule is COc1ccccc1S(=O)(=O)N(Cc1ccc(-c2ccc3c(c2)C(=O)OC3)cc1)Cc1ccc(CP(=O)(OF)OF)c(Cl)c1. The van der Waals surface area contributed by atoms with Gasteiger partial charge in [0.05, 0.1) is 18.8 Å². The molecular weight excluding hydrogens is 639 g/mol. The highest BCUT2D eigenvalue weighted by Crippen LogP contribution is 2.53. The Kier molecular flexibility index (Phi) is 9.50. The van der Waals surface area contributed by atoms with Crippen LogP contribution in [0.15, 0.2) is 89.8 Å². The Labute approximate surface area is 257 Å². The normalized spacial score (nSPS) is 13.2. The molecule has 9 nitrogen and oxygen atoms in total. The van der Waals surface area contributed by atoms with Crippen LogP contribution in [-0.4, -0.2) is 25.8 Å². The fraction of sp³-hybridized carbons (Fsp3) is 0.167. The van der Waals surface area contributed by atoms with Gasteiger partial charge >= 0.3 is 13.6 Å². The molecular formula is C30H25ClF2NO8PS. The first-order chi connectivity index (χ1) is 21.1. The monoisotopic (exact) mass is 663 g/mol. The van der Waals surface area contributed by atoms with Crippen LogP contribution in [0.2, 0.25) is 5.02 Å². The number of halogens is 3.